The van der Waals surface area contributed by atoms with Gasteiger partial charge in [0.15, 0.2) is 5.60 Å². The Hall–Kier alpha value is -3.67. The number of aliphatic carboxylic acids is 1. The third-order valence-electron chi connectivity index (χ3n) is 4.65. The average Bonchev–Trinajstić information content (AvgIpc) is 2.75. The van der Waals surface area contributed by atoms with Crippen LogP contribution in [0.2, 0.25) is 0 Å². The van der Waals surface area contributed by atoms with Crippen molar-refractivity contribution in [2.45, 2.75) is 25.9 Å². The molecular formula is C24H24N2O4. The average molecular weight is 404 g/mol. The summed E-state index contributed by atoms with van der Waals surface area (Å²) in [6.07, 6.45) is 3.90. The molecule has 0 fully saturated rings. The molecular weight excluding hydrogens is 380 g/mol. The van der Waals surface area contributed by atoms with E-state index in [1.807, 2.05) is 36.4 Å². The number of hydrogen-bond donors (Lipinski definition) is 2. The molecule has 0 spiro atoms. The van der Waals surface area contributed by atoms with Crippen molar-refractivity contribution in [1.82, 2.24) is 10.3 Å². The number of nitrogens with zero attached hydrogens (tertiary/aromatic N) is 1. The van der Waals surface area contributed by atoms with E-state index in [0.29, 0.717) is 17.9 Å². The number of hydrogen-bond acceptors (Lipinski definition) is 4. The lowest BCUT2D eigenvalue weighted by Crippen LogP contribution is -2.37. The summed E-state index contributed by atoms with van der Waals surface area (Å²) in [6.45, 7) is 3.57. The highest BCUT2D eigenvalue weighted by Crippen LogP contribution is 2.25. The highest BCUT2D eigenvalue weighted by atomic mass is 16.5. The molecule has 1 heterocycles. The summed E-state index contributed by atoms with van der Waals surface area (Å²) >= 11 is 0. The van der Waals surface area contributed by atoms with Crippen LogP contribution >= 0.6 is 0 Å². The van der Waals surface area contributed by atoms with E-state index in [9.17, 15) is 9.59 Å². The fourth-order valence-corrected chi connectivity index (χ4v) is 2.84. The quantitative estimate of drug-likeness (QED) is 0.593. The number of carbonyl (C=O) groups is 2. The highest BCUT2D eigenvalue weighted by Gasteiger charge is 2.29. The van der Waals surface area contributed by atoms with E-state index in [4.69, 9.17) is 9.84 Å². The van der Waals surface area contributed by atoms with Gasteiger partial charge in [-0.25, -0.2) is 4.79 Å². The van der Waals surface area contributed by atoms with Crippen molar-refractivity contribution in [3.8, 4) is 16.9 Å². The van der Waals surface area contributed by atoms with Crippen LogP contribution in [0.4, 0.5) is 0 Å². The van der Waals surface area contributed by atoms with Crippen LogP contribution < -0.4 is 10.1 Å². The molecule has 154 valence electrons. The Balaban J connectivity index is 1.55. The van der Waals surface area contributed by atoms with E-state index < -0.39 is 11.6 Å². The summed E-state index contributed by atoms with van der Waals surface area (Å²) in [5.41, 5.74) is 2.44. The van der Waals surface area contributed by atoms with Gasteiger partial charge in [0.25, 0.3) is 5.91 Å². The molecule has 6 nitrogen and oxygen atoms in total. The standard InChI is InChI=1S/C24H24N2O4/c1-24(2,23(28)29)30-21-11-9-19(10-12-21)18-7-5-17(6-8-18)13-15-26-22(27)20-4-3-14-25-16-20/h3-12,14,16H,13,15H2,1-2H3,(H,26,27)(H,28,29). The molecule has 1 aromatic heterocycles. The van der Waals surface area contributed by atoms with Gasteiger partial charge in [0, 0.05) is 18.9 Å². The maximum atomic E-state index is 12.0. The molecule has 6 heteroatoms. The van der Waals surface area contributed by atoms with Crippen molar-refractivity contribution in [3.63, 3.8) is 0 Å². The van der Waals surface area contributed by atoms with Gasteiger partial charge in [0.2, 0.25) is 0 Å². The lowest BCUT2D eigenvalue weighted by atomic mass is 10.0. The Morgan fingerprint density at radius 2 is 1.63 bits per heavy atom. The molecule has 3 rings (SSSR count). The number of benzene rings is 2. The van der Waals surface area contributed by atoms with Gasteiger partial charge < -0.3 is 15.2 Å². The summed E-state index contributed by atoms with van der Waals surface area (Å²) in [5.74, 6) is -0.640. The van der Waals surface area contributed by atoms with Gasteiger partial charge in [0.05, 0.1) is 5.56 Å². The number of pyridine rings is 1. The van der Waals surface area contributed by atoms with Crippen LogP contribution in [-0.4, -0.2) is 34.1 Å². The first-order chi connectivity index (χ1) is 14.3. The van der Waals surface area contributed by atoms with Gasteiger partial charge >= 0.3 is 5.97 Å². The van der Waals surface area contributed by atoms with Crippen molar-refractivity contribution in [2.24, 2.45) is 0 Å². The normalized spacial score (nSPS) is 11.0. The molecule has 0 aliphatic rings. The number of aromatic nitrogens is 1. The van der Waals surface area contributed by atoms with Gasteiger partial charge in [-0.2, -0.15) is 0 Å². The largest absolute Gasteiger partial charge is 0.478 e. The fraction of sp³-hybridized carbons (Fsp3) is 0.208. The Labute approximate surface area is 175 Å². The van der Waals surface area contributed by atoms with Crippen LogP contribution in [0.15, 0.2) is 73.1 Å². The van der Waals surface area contributed by atoms with E-state index >= 15 is 0 Å². The molecule has 1 amide bonds. The number of amides is 1. The van der Waals surface area contributed by atoms with Crippen molar-refractivity contribution in [2.75, 3.05) is 6.54 Å². The van der Waals surface area contributed by atoms with E-state index in [-0.39, 0.29) is 5.91 Å². The number of carbonyl (C=O) groups excluding carboxylic acids is 1. The molecule has 2 aromatic carbocycles. The van der Waals surface area contributed by atoms with Gasteiger partial charge in [0.1, 0.15) is 5.75 Å². The Morgan fingerprint density at radius 3 is 2.20 bits per heavy atom. The monoisotopic (exact) mass is 404 g/mol. The first-order valence-corrected chi connectivity index (χ1v) is 9.65. The maximum absolute atomic E-state index is 12.0. The topological polar surface area (TPSA) is 88.5 Å². The highest BCUT2D eigenvalue weighted by molar-refractivity contribution is 5.93. The van der Waals surface area contributed by atoms with Crippen molar-refractivity contribution >= 4 is 11.9 Å². The molecule has 0 saturated carbocycles. The summed E-state index contributed by atoms with van der Waals surface area (Å²) < 4.78 is 5.53. The summed E-state index contributed by atoms with van der Waals surface area (Å²) in [6, 6.07) is 18.9. The zero-order chi connectivity index (χ0) is 21.6. The molecule has 0 unspecified atom stereocenters. The van der Waals surface area contributed by atoms with E-state index in [0.717, 1.165) is 23.1 Å². The minimum Gasteiger partial charge on any atom is -0.478 e. The summed E-state index contributed by atoms with van der Waals surface area (Å²) in [5, 5.41) is 12.1. The first-order valence-electron chi connectivity index (χ1n) is 9.65. The third-order valence-corrected chi connectivity index (χ3v) is 4.65. The first kappa shape index (κ1) is 21.0. The number of carboxylic acids is 1. The maximum Gasteiger partial charge on any atom is 0.347 e. The lowest BCUT2D eigenvalue weighted by molar-refractivity contribution is -0.152. The molecule has 0 aliphatic heterocycles. The van der Waals surface area contributed by atoms with Crippen LogP contribution in [-0.2, 0) is 11.2 Å². The second-order valence-corrected chi connectivity index (χ2v) is 7.39. The second kappa shape index (κ2) is 9.22. The minimum absolute atomic E-state index is 0.131. The smallest absolute Gasteiger partial charge is 0.347 e. The predicted molar refractivity (Wildman–Crippen MR) is 114 cm³/mol. The van der Waals surface area contributed by atoms with Crippen LogP contribution in [0.5, 0.6) is 5.75 Å². The third kappa shape index (κ3) is 5.44. The van der Waals surface area contributed by atoms with Gasteiger partial charge in [-0.15, -0.1) is 0 Å². The number of rotatable bonds is 8. The van der Waals surface area contributed by atoms with Gasteiger partial charge in [-0.1, -0.05) is 36.4 Å². The van der Waals surface area contributed by atoms with Crippen molar-refractivity contribution in [1.29, 1.82) is 0 Å². The zero-order valence-corrected chi connectivity index (χ0v) is 17.0. The Morgan fingerprint density at radius 1 is 1.00 bits per heavy atom. The minimum atomic E-state index is -1.28. The number of carboxylic acid groups (broad SMARTS) is 1. The van der Waals surface area contributed by atoms with E-state index in [1.54, 1.807) is 36.7 Å². The molecule has 0 atom stereocenters. The number of nitrogens with one attached hydrogen (secondary N) is 1. The van der Waals surface area contributed by atoms with Crippen LogP contribution in [0, 0.1) is 0 Å². The predicted octanol–water partition coefficient (Wildman–Crippen LogP) is 3.96. The molecule has 0 aliphatic carbocycles. The van der Waals surface area contributed by atoms with Crippen LogP contribution in [0.25, 0.3) is 11.1 Å². The molecule has 0 bridgehead atoms. The summed E-state index contributed by atoms with van der Waals surface area (Å²) in [4.78, 5) is 27.2. The zero-order valence-electron chi connectivity index (χ0n) is 17.0. The van der Waals surface area contributed by atoms with E-state index in [1.165, 1.54) is 13.8 Å². The van der Waals surface area contributed by atoms with Gasteiger partial charge in [-0.3, -0.25) is 9.78 Å². The van der Waals surface area contributed by atoms with Gasteiger partial charge in [-0.05, 0) is 61.2 Å². The molecule has 30 heavy (non-hydrogen) atoms. The SMILES string of the molecule is CC(C)(Oc1ccc(-c2ccc(CCNC(=O)c3cccnc3)cc2)cc1)C(=O)O. The number of ether oxygens (including phenoxy) is 1. The Bertz CT molecular complexity index is 998. The van der Waals surface area contributed by atoms with Crippen LogP contribution in [0.1, 0.15) is 29.8 Å². The lowest BCUT2D eigenvalue weighted by Gasteiger charge is -2.21. The Kier molecular flexibility index (Phi) is 6.47. The van der Waals surface area contributed by atoms with E-state index in [2.05, 4.69) is 10.3 Å². The van der Waals surface area contributed by atoms with Crippen molar-refractivity contribution in [3.05, 3.63) is 84.2 Å². The second-order valence-electron chi connectivity index (χ2n) is 7.39. The molecule has 0 radical (unpaired) electrons. The van der Waals surface area contributed by atoms with Crippen molar-refractivity contribution < 1.29 is 19.4 Å². The fourth-order valence-electron chi connectivity index (χ4n) is 2.84. The summed E-state index contributed by atoms with van der Waals surface area (Å²) in [7, 11) is 0. The van der Waals surface area contributed by atoms with Crippen LogP contribution in [0.3, 0.4) is 0 Å². The molecule has 2 N–H and O–H groups in total. The molecule has 0 saturated heterocycles. The molecule has 3 aromatic rings.